The van der Waals surface area contributed by atoms with Gasteiger partial charge in [0.2, 0.25) is 17.6 Å². The third kappa shape index (κ3) is 4.53. The van der Waals surface area contributed by atoms with E-state index in [9.17, 15) is 4.79 Å². The van der Waals surface area contributed by atoms with E-state index in [1.807, 2.05) is 59.3 Å². The molecular formula is C22H19N3O2S. The molecule has 6 heteroatoms. The van der Waals surface area contributed by atoms with Gasteiger partial charge < -0.3 is 9.84 Å². The molecule has 0 aliphatic carbocycles. The van der Waals surface area contributed by atoms with Gasteiger partial charge in [0.25, 0.3) is 0 Å². The van der Waals surface area contributed by atoms with E-state index in [-0.39, 0.29) is 12.3 Å². The summed E-state index contributed by atoms with van der Waals surface area (Å²) >= 11 is 1.58. The highest BCUT2D eigenvalue weighted by Crippen LogP contribution is 2.21. The van der Waals surface area contributed by atoms with Crippen LogP contribution in [0.1, 0.15) is 23.4 Å². The molecule has 0 bridgehead atoms. The number of carbonyl (C=O) groups excluding carboxylic acids is 1. The summed E-state index contributed by atoms with van der Waals surface area (Å²) in [5.74, 6) is 0.953. The van der Waals surface area contributed by atoms with Crippen molar-refractivity contribution < 1.29 is 9.32 Å². The topological polar surface area (TPSA) is 68.0 Å². The summed E-state index contributed by atoms with van der Waals surface area (Å²) in [5.41, 5.74) is 4.05. The smallest absolute Gasteiger partial charge is 0.227 e. The van der Waals surface area contributed by atoms with E-state index in [1.54, 1.807) is 11.3 Å². The zero-order chi connectivity index (χ0) is 19.2. The molecule has 0 unspecified atom stereocenters. The van der Waals surface area contributed by atoms with E-state index in [4.69, 9.17) is 4.52 Å². The molecule has 0 radical (unpaired) electrons. The molecule has 1 amide bonds. The maximum absolute atomic E-state index is 12.4. The molecule has 2 aromatic carbocycles. The van der Waals surface area contributed by atoms with Crippen LogP contribution in [0.15, 0.2) is 75.9 Å². The Hall–Kier alpha value is -3.25. The summed E-state index contributed by atoms with van der Waals surface area (Å²) in [4.78, 5) is 16.8. The first kappa shape index (κ1) is 18.1. The number of aryl methyl sites for hydroxylation is 1. The van der Waals surface area contributed by atoms with Gasteiger partial charge in [-0.15, -0.1) is 0 Å². The largest absolute Gasteiger partial charge is 0.339 e. The molecular weight excluding hydrogens is 370 g/mol. The first-order chi connectivity index (χ1) is 13.8. The second kappa shape index (κ2) is 8.63. The Morgan fingerprint density at radius 1 is 1.04 bits per heavy atom. The highest BCUT2D eigenvalue weighted by Gasteiger charge is 2.12. The zero-order valence-corrected chi connectivity index (χ0v) is 16.0. The number of hydrogen-bond acceptors (Lipinski definition) is 5. The summed E-state index contributed by atoms with van der Waals surface area (Å²) in [6.07, 6.45) is 1.46. The Morgan fingerprint density at radius 3 is 2.68 bits per heavy atom. The average Bonchev–Trinajstić information content (AvgIpc) is 3.40. The van der Waals surface area contributed by atoms with Crippen molar-refractivity contribution in [3.63, 3.8) is 0 Å². The molecule has 140 valence electrons. The lowest BCUT2D eigenvalue weighted by atomic mass is 10.0. The number of aromatic nitrogens is 2. The minimum absolute atomic E-state index is 0.0733. The van der Waals surface area contributed by atoms with Crippen LogP contribution < -0.4 is 5.32 Å². The summed E-state index contributed by atoms with van der Waals surface area (Å²) < 4.78 is 5.26. The van der Waals surface area contributed by atoms with E-state index >= 15 is 0 Å². The Morgan fingerprint density at radius 2 is 1.86 bits per heavy atom. The van der Waals surface area contributed by atoms with E-state index in [2.05, 4.69) is 27.6 Å². The summed E-state index contributed by atoms with van der Waals surface area (Å²) in [5, 5.41) is 10.9. The summed E-state index contributed by atoms with van der Waals surface area (Å²) in [6.45, 7) is 0. The van der Waals surface area contributed by atoms with Crippen LogP contribution in [0.4, 0.5) is 5.69 Å². The third-order valence-electron chi connectivity index (χ3n) is 4.34. The van der Waals surface area contributed by atoms with Crippen LogP contribution in [0.3, 0.4) is 0 Å². The molecule has 0 aliphatic heterocycles. The number of para-hydroxylation sites is 1. The lowest BCUT2D eigenvalue weighted by molar-refractivity contribution is -0.116. The Balaban J connectivity index is 1.36. The van der Waals surface area contributed by atoms with Gasteiger partial charge in [-0.1, -0.05) is 53.7 Å². The minimum atomic E-state index is -0.0733. The summed E-state index contributed by atoms with van der Waals surface area (Å²) in [6, 6.07) is 20.0. The SMILES string of the molecule is O=C(CCc1nc(-c2ccsc2)no1)Nc1ccccc1Cc1ccccc1. The van der Waals surface area contributed by atoms with Crippen molar-refractivity contribution in [2.24, 2.45) is 0 Å². The van der Waals surface area contributed by atoms with E-state index in [1.165, 1.54) is 5.56 Å². The van der Waals surface area contributed by atoms with Crippen molar-refractivity contribution in [1.82, 2.24) is 10.1 Å². The molecule has 28 heavy (non-hydrogen) atoms. The number of carbonyl (C=O) groups is 1. The molecule has 2 heterocycles. The fourth-order valence-corrected chi connectivity index (χ4v) is 3.55. The number of anilines is 1. The van der Waals surface area contributed by atoms with Gasteiger partial charge in [-0.25, -0.2) is 0 Å². The van der Waals surface area contributed by atoms with Gasteiger partial charge in [-0.3, -0.25) is 4.79 Å². The van der Waals surface area contributed by atoms with Crippen LogP contribution in [-0.2, 0) is 17.6 Å². The number of amides is 1. The monoisotopic (exact) mass is 389 g/mol. The number of rotatable bonds is 7. The van der Waals surface area contributed by atoms with Gasteiger partial charge in [0.05, 0.1) is 0 Å². The molecule has 5 nitrogen and oxygen atoms in total. The van der Waals surface area contributed by atoms with Crippen LogP contribution in [0.2, 0.25) is 0 Å². The van der Waals surface area contributed by atoms with Gasteiger partial charge in [0.15, 0.2) is 0 Å². The molecule has 0 aliphatic rings. The maximum atomic E-state index is 12.4. The first-order valence-corrected chi connectivity index (χ1v) is 9.99. The van der Waals surface area contributed by atoms with Crippen molar-refractivity contribution in [3.8, 4) is 11.4 Å². The fourth-order valence-electron chi connectivity index (χ4n) is 2.91. The van der Waals surface area contributed by atoms with Crippen molar-refractivity contribution in [2.45, 2.75) is 19.3 Å². The van der Waals surface area contributed by atoms with Crippen LogP contribution >= 0.6 is 11.3 Å². The lowest BCUT2D eigenvalue weighted by Crippen LogP contribution is -2.14. The molecule has 4 aromatic rings. The number of benzene rings is 2. The quantitative estimate of drug-likeness (QED) is 0.485. The van der Waals surface area contributed by atoms with Gasteiger partial charge in [-0.05, 0) is 35.1 Å². The van der Waals surface area contributed by atoms with Gasteiger partial charge in [0, 0.05) is 29.5 Å². The van der Waals surface area contributed by atoms with Crippen LogP contribution in [0.25, 0.3) is 11.4 Å². The van der Waals surface area contributed by atoms with Crippen LogP contribution in [0, 0.1) is 0 Å². The Labute approximate surface area is 167 Å². The normalized spacial score (nSPS) is 10.7. The Bertz CT molecular complexity index is 1040. The number of nitrogens with one attached hydrogen (secondary N) is 1. The first-order valence-electron chi connectivity index (χ1n) is 9.05. The van der Waals surface area contributed by atoms with Crippen molar-refractivity contribution in [3.05, 3.63) is 88.4 Å². The van der Waals surface area contributed by atoms with Gasteiger partial charge >= 0.3 is 0 Å². The third-order valence-corrected chi connectivity index (χ3v) is 5.03. The second-order valence-corrected chi connectivity index (χ2v) is 7.17. The summed E-state index contributed by atoms with van der Waals surface area (Å²) in [7, 11) is 0. The van der Waals surface area contributed by atoms with Crippen LogP contribution in [0.5, 0.6) is 0 Å². The fraction of sp³-hybridized carbons (Fsp3) is 0.136. The lowest BCUT2D eigenvalue weighted by Gasteiger charge is -2.11. The molecule has 0 spiro atoms. The predicted molar refractivity (Wildman–Crippen MR) is 110 cm³/mol. The van der Waals surface area contributed by atoms with E-state index < -0.39 is 0 Å². The second-order valence-electron chi connectivity index (χ2n) is 6.39. The highest BCUT2D eigenvalue weighted by atomic mass is 32.1. The predicted octanol–water partition coefficient (Wildman–Crippen LogP) is 4.96. The number of hydrogen-bond donors (Lipinski definition) is 1. The maximum Gasteiger partial charge on any atom is 0.227 e. The Kier molecular flexibility index (Phi) is 5.58. The van der Waals surface area contributed by atoms with Gasteiger partial charge in [-0.2, -0.15) is 16.3 Å². The molecule has 2 aromatic heterocycles. The zero-order valence-electron chi connectivity index (χ0n) is 15.2. The van der Waals surface area contributed by atoms with Crippen molar-refractivity contribution in [2.75, 3.05) is 5.32 Å². The average molecular weight is 389 g/mol. The minimum Gasteiger partial charge on any atom is -0.339 e. The molecule has 4 rings (SSSR count). The van der Waals surface area contributed by atoms with Gasteiger partial charge in [0.1, 0.15) is 0 Å². The highest BCUT2D eigenvalue weighted by molar-refractivity contribution is 7.08. The van der Waals surface area contributed by atoms with E-state index in [0.717, 1.165) is 23.2 Å². The molecule has 0 saturated carbocycles. The van der Waals surface area contributed by atoms with Crippen molar-refractivity contribution >= 4 is 22.9 Å². The van der Waals surface area contributed by atoms with E-state index in [0.29, 0.717) is 18.1 Å². The molecule has 0 fully saturated rings. The standard InChI is InChI=1S/C22H19N3O2S/c26-20(10-11-21-24-22(25-27-21)18-12-13-28-15-18)23-19-9-5-4-8-17(19)14-16-6-2-1-3-7-16/h1-9,12-13,15H,10-11,14H2,(H,23,26). The molecule has 0 atom stereocenters. The molecule has 0 saturated heterocycles. The van der Waals surface area contributed by atoms with Crippen LogP contribution in [-0.4, -0.2) is 16.0 Å². The number of thiophene rings is 1. The molecule has 1 N–H and O–H groups in total. The number of nitrogens with zero attached hydrogens (tertiary/aromatic N) is 2. The van der Waals surface area contributed by atoms with Crippen molar-refractivity contribution in [1.29, 1.82) is 0 Å².